The Kier molecular flexibility index (Phi) is 4.45. The van der Waals surface area contributed by atoms with Crippen LogP contribution in [0.15, 0.2) is 42.5 Å². The number of carbonyl (C=O) groups excluding carboxylic acids is 1. The van der Waals surface area contributed by atoms with Gasteiger partial charge in [0.15, 0.2) is 0 Å². The van der Waals surface area contributed by atoms with E-state index in [4.69, 9.17) is 10.5 Å². The number of rotatable bonds is 3. The molecule has 1 saturated carbocycles. The standard InChI is InChI=1S/C21H24N2O2/c22-16-8-10-17(11-9-16)23-21(24)25-13-15-5-3-7-19-18-6-2-1-4-14(18)12-20(15)19/h1-7,16-17H,8-13,22H2,(H,23,24). The minimum absolute atomic E-state index is 0.193. The number of fused-ring (bicyclic) bond motifs is 3. The second kappa shape index (κ2) is 6.89. The van der Waals surface area contributed by atoms with Gasteiger partial charge in [-0.25, -0.2) is 4.79 Å². The molecule has 1 amide bonds. The molecule has 0 saturated heterocycles. The molecule has 0 radical (unpaired) electrons. The van der Waals surface area contributed by atoms with Crippen molar-refractivity contribution < 1.29 is 9.53 Å². The second-order valence-electron chi connectivity index (χ2n) is 7.11. The summed E-state index contributed by atoms with van der Waals surface area (Å²) in [7, 11) is 0. The molecule has 0 unspecified atom stereocenters. The zero-order chi connectivity index (χ0) is 17.2. The number of hydrogen-bond acceptors (Lipinski definition) is 3. The summed E-state index contributed by atoms with van der Waals surface area (Å²) in [6.07, 6.45) is 4.39. The van der Waals surface area contributed by atoms with E-state index in [1.165, 1.54) is 22.3 Å². The quantitative estimate of drug-likeness (QED) is 0.765. The maximum absolute atomic E-state index is 12.1. The van der Waals surface area contributed by atoms with Crippen molar-refractivity contribution in [3.63, 3.8) is 0 Å². The third-order valence-electron chi connectivity index (χ3n) is 5.40. The normalized spacial score (nSPS) is 21.3. The summed E-state index contributed by atoms with van der Waals surface area (Å²) in [6.45, 7) is 0.315. The Bertz CT molecular complexity index is 779. The minimum atomic E-state index is -0.325. The highest BCUT2D eigenvalue weighted by atomic mass is 16.5. The molecular formula is C21H24N2O2. The lowest BCUT2D eigenvalue weighted by Crippen LogP contribution is -2.40. The van der Waals surface area contributed by atoms with E-state index < -0.39 is 0 Å². The third-order valence-corrected chi connectivity index (χ3v) is 5.40. The van der Waals surface area contributed by atoms with Gasteiger partial charge in [-0.15, -0.1) is 0 Å². The van der Waals surface area contributed by atoms with E-state index in [0.717, 1.165) is 37.7 Å². The fraction of sp³-hybridized carbons (Fsp3) is 0.381. The van der Waals surface area contributed by atoms with Gasteiger partial charge >= 0.3 is 6.09 Å². The van der Waals surface area contributed by atoms with Crippen LogP contribution < -0.4 is 11.1 Å². The van der Waals surface area contributed by atoms with Crippen LogP contribution in [0.25, 0.3) is 11.1 Å². The summed E-state index contributed by atoms with van der Waals surface area (Å²) in [5.41, 5.74) is 12.2. The van der Waals surface area contributed by atoms with Crippen molar-refractivity contribution in [2.45, 2.75) is 50.8 Å². The summed E-state index contributed by atoms with van der Waals surface area (Å²) in [5, 5.41) is 2.98. The first-order valence-electron chi connectivity index (χ1n) is 9.08. The van der Waals surface area contributed by atoms with E-state index in [2.05, 4.69) is 41.7 Å². The van der Waals surface area contributed by atoms with Gasteiger partial charge in [-0.3, -0.25) is 0 Å². The van der Waals surface area contributed by atoms with Crippen molar-refractivity contribution in [1.82, 2.24) is 5.32 Å². The van der Waals surface area contributed by atoms with Crippen molar-refractivity contribution in [2.75, 3.05) is 0 Å². The van der Waals surface area contributed by atoms with Crippen LogP contribution in [0.4, 0.5) is 4.79 Å². The van der Waals surface area contributed by atoms with Gasteiger partial charge in [-0.1, -0.05) is 42.5 Å². The van der Waals surface area contributed by atoms with E-state index in [0.29, 0.717) is 6.61 Å². The highest BCUT2D eigenvalue weighted by molar-refractivity contribution is 5.78. The first kappa shape index (κ1) is 16.2. The number of alkyl carbamates (subject to hydrolysis) is 1. The zero-order valence-corrected chi connectivity index (χ0v) is 14.3. The molecule has 0 aliphatic heterocycles. The number of amides is 1. The van der Waals surface area contributed by atoms with Gasteiger partial charge in [0.1, 0.15) is 6.61 Å². The van der Waals surface area contributed by atoms with Gasteiger partial charge in [-0.2, -0.15) is 0 Å². The Morgan fingerprint density at radius 2 is 1.80 bits per heavy atom. The maximum atomic E-state index is 12.1. The Morgan fingerprint density at radius 3 is 2.64 bits per heavy atom. The SMILES string of the molecule is NC1CCC(NC(=O)OCc2cccc3c2Cc2ccccc2-3)CC1. The van der Waals surface area contributed by atoms with E-state index in [1.807, 2.05) is 6.07 Å². The molecule has 2 aromatic carbocycles. The summed E-state index contributed by atoms with van der Waals surface area (Å²) in [4.78, 5) is 12.1. The number of carbonyl (C=O) groups is 1. The molecule has 0 heterocycles. The van der Waals surface area contributed by atoms with Crippen molar-refractivity contribution in [3.05, 3.63) is 59.2 Å². The van der Waals surface area contributed by atoms with Crippen LogP contribution in [0, 0.1) is 0 Å². The van der Waals surface area contributed by atoms with Gasteiger partial charge in [0.25, 0.3) is 0 Å². The molecule has 0 aromatic heterocycles. The molecule has 2 aliphatic rings. The van der Waals surface area contributed by atoms with Gasteiger partial charge in [-0.05, 0) is 59.9 Å². The summed E-state index contributed by atoms with van der Waals surface area (Å²) in [5.74, 6) is 0. The smallest absolute Gasteiger partial charge is 0.407 e. The van der Waals surface area contributed by atoms with Crippen molar-refractivity contribution >= 4 is 6.09 Å². The predicted molar refractivity (Wildman–Crippen MR) is 98.2 cm³/mol. The fourth-order valence-corrected chi connectivity index (χ4v) is 3.97. The topological polar surface area (TPSA) is 64.3 Å². The van der Waals surface area contributed by atoms with Crippen molar-refractivity contribution in [2.24, 2.45) is 5.73 Å². The number of ether oxygens (including phenoxy) is 1. The summed E-state index contributed by atoms with van der Waals surface area (Å²) < 4.78 is 5.50. The third kappa shape index (κ3) is 3.40. The second-order valence-corrected chi connectivity index (χ2v) is 7.11. The molecule has 2 aromatic rings. The molecule has 25 heavy (non-hydrogen) atoms. The average Bonchev–Trinajstić information content (AvgIpc) is 3.01. The van der Waals surface area contributed by atoms with Crippen LogP contribution >= 0.6 is 0 Å². The van der Waals surface area contributed by atoms with Crippen LogP contribution in [-0.4, -0.2) is 18.2 Å². The van der Waals surface area contributed by atoms with Crippen LogP contribution in [-0.2, 0) is 17.8 Å². The van der Waals surface area contributed by atoms with Crippen LogP contribution in [0.3, 0.4) is 0 Å². The zero-order valence-electron chi connectivity index (χ0n) is 14.3. The monoisotopic (exact) mass is 336 g/mol. The summed E-state index contributed by atoms with van der Waals surface area (Å²) >= 11 is 0. The number of benzene rings is 2. The van der Waals surface area contributed by atoms with Gasteiger partial charge in [0.05, 0.1) is 0 Å². The Labute approximate surface area is 148 Å². The molecule has 0 bridgehead atoms. The van der Waals surface area contributed by atoms with E-state index >= 15 is 0 Å². The molecule has 4 nitrogen and oxygen atoms in total. The maximum Gasteiger partial charge on any atom is 0.407 e. The lowest BCUT2D eigenvalue weighted by atomic mass is 9.92. The van der Waals surface area contributed by atoms with E-state index in [9.17, 15) is 4.79 Å². The number of hydrogen-bond donors (Lipinski definition) is 2. The van der Waals surface area contributed by atoms with Gasteiger partial charge in [0.2, 0.25) is 0 Å². The lowest BCUT2D eigenvalue weighted by Gasteiger charge is -2.26. The lowest BCUT2D eigenvalue weighted by molar-refractivity contribution is 0.132. The Hall–Kier alpha value is -2.33. The summed E-state index contributed by atoms with van der Waals surface area (Å²) in [6, 6.07) is 15.2. The fourth-order valence-electron chi connectivity index (χ4n) is 3.97. The van der Waals surface area contributed by atoms with Crippen molar-refractivity contribution in [3.8, 4) is 11.1 Å². The van der Waals surface area contributed by atoms with Crippen molar-refractivity contribution in [1.29, 1.82) is 0 Å². The highest BCUT2D eigenvalue weighted by Crippen LogP contribution is 2.38. The van der Waals surface area contributed by atoms with Crippen LogP contribution in [0.1, 0.15) is 42.4 Å². The van der Waals surface area contributed by atoms with Crippen LogP contribution in [0.2, 0.25) is 0 Å². The van der Waals surface area contributed by atoms with Gasteiger partial charge in [0, 0.05) is 12.1 Å². The molecule has 4 heteroatoms. The minimum Gasteiger partial charge on any atom is -0.445 e. The first-order valence-corrected chi connectivity index (χ1v) is 9.08. The highest BCUT2D eigenvalue weighted by Gasteiger charge is 2.22. The Morgan fingerprint density at radius 1 is 1.04 bits per heavy atom. The molecule has 130 valence electrons. The first-order chi connectivity index (χ1) is 12.2. The Balaban J connectivity index is 1.39. The molecule has 3 N–H and O–H groups in total. The van der Waals surface area contributed by atoms with E-state index in [1.54, 1.807) is 0 Å². The molecule has 0 atom stereocenters. The molecule has 4 rings (SSSR count). The van der Waals surface area contributed by atoms with Gasteiger partial charge < -0.3 is 15.8 Å². The average molecular weight is 336 g/mol. The van der Waals surface area contributed by atoms with Crippen LogP contribution in [0.5, 0.6) is 0 Å². The predicted octanol–water partition coefficient (Wildman–Crippen LogP) is 3.75. The molecule has 1 fully saturated rings. The molecule has 0 spiro atoms. The number of nitrogens with one attached hydrogen (secondary N) is 1. The molecule has 2 aliphatic carbocycles. The molecular weight excluding hydrogens is 312 g/mol. The largest absolute Gasteiger partial charge is 0.445 e. The number of nitrogens with two attached hydrogens (primary N) is 1. The van der Waals surface area contributed by atoms with E-state index in [-0.39, 0.29) is 18.2 Å².